The van der Waals surface area contributed by atoms with Crippen molar-refractivity contribution in [1.82, 2.24) is 24.8 Å². The number of carbonyl (C=O) groups is 1. The van der Waals surface area contributed by atoms with Gasteiger partial charge in [-0.25, -0.2) is 9.97 Å². The number of nitrogens with one attached hydrogen (secondary N) is 1. The lowest BCUT2D eigenvalue weighted by molar-refractivity contribution is 0.0258. The van der Waals surface area contributed by atoms with Gasteiger partial charge in [0.15, 0.2) is 17.8 Å². The van der Waals surface area contributed by atoms with Crippen LogP contribution in [0.15, 0.2) is 0 Å². The smallest absolute Gasteiger partial charge is 0.224 e. The van der Waals surface area contributed by atoms with Crippen molar-refractivity contribution in [3.8, 4) is 0 Å². The molecule has 1 fully saturated rings. The largest absolute Gasteiger partial charge is 0.369 e. The van der Waals surface area contributed by atoms with E-state index in [-0.39, 0.29) is 17.2 Å². The maximum Gasteiger partial charge on any atom is 0.224 e. The second-order valence-corrected chi connectivity index (χ2v) is 4.60. The fourth-order valence-corrected chi connectivity index (χ4v) is 2.31. The molecule has 2 aromatic heterocycles. The molecule has 0 radical (unpaired) electrons. The third-order valence-electron chi connectivity index (χ3n) is 3.09. The lowest BCUT2D eigenvalue weighted by Gasteiger charge is -2.23. The van der Waals surface area contributed by atoms with Crippen LogP contribution in [0.25, 0.3) is 11.2 Å². The van der Waals surface area contributed by atoms with Crippen molar-refractivity contribution < 1.29 is 9.53 Å². The molecular weight excluding hydrogens is 270 g/mol. The Kier molecular flexibility index (Phi) is 3.17. The van der Waals surface area contributed by atoms with Crippen molar-refractivity contribution in [3.05, 3.63) is 16.8 Å². The number of aldehydes is 1. The average molecular weight is 282 g/mol. The number of halogens is 1. The van der Waals surface area contributed by atoms with E-state index in [1.807, 2.05) is 0 Å². The molecule has 0 bridgehead atoms. The Hall–Kier alpha value is -1.57. The number of rotatable bonds is 2. The van der Waals surface area contributed by atoms with E-state index in [4.69, 9.17) is 16.3 Å². The van der Waals surface area contributed by atoms with Gasteiger partial charge in [-0.1, -0.05) is 0 Å². The highest BCUT2D eigenvalue weighted by atomic mass is 35.5. The van der Waals surface area contributed by atoms with Crippen LogP contribution >= 0.6 is 11.6 Å². The summed E-state index contributed by atoms with van der Waals surface area (Å²) in [5.41, 5.74) is 1.71. The van der Waals surface area contributed by atoms with Crippen LogP contribution in [0, 0.1) is 0 Å². The van der Waals surface area contributed by atoms with Crippen LogP contribution in [0.4, 0.5) is 0 Å². The normalized spacial score (nSPS) is 19.8. The Morgan fingerprint density at radius 2 is 2.32 bits per heavy atom. The van der Waals surface area contributed by atoms with E-state index in [9.17, 15) is 4.79 Å². The maximum atomic E-state index is 11.0. The van der Waals surface area contributed by atoms with Gasteiger partial charge in [0.2, 0.25) is 5.28 Å². The minimum Gasteiger partial charge on any atom is -0.369 e. The highest BCUT2D eigenvalue weighted by Gasteiger charge is 2.24. The van der Waals surface area contributed by atoms with Gasteiger partial charge in [0.05, 0.1) is 6.61 Å². The predicted octanol–water partition coefficient (Wildman–Crippen LogP) is 0.490. The number of nitrogens with zero attached hydrogens (tertiary/aromatic N) is 4. The summed E-state index contributed by atoms with van der Waals surface area (Å²) in [4.78, 5) is 23.5. The second kappa shape index (κ2) is 4.84. The number of morpholine rings is 1. The standard InChI is InChI=1S/C11H12ClN5O2/c1-17-7(5-18)14-9-8(6-4-13-2-3-19-6)15-11(12)16-10(9)17/h5-6,13H,2-4H2,1H3. The molecule has 1 aliphatic heterocycles. The van der Waals surface area contributed by atoms with E-state index in [0.29, 0.717) is 36.3 Å². The molecule has 1 N–H and O–H groups in total. The first kappa shape index (κ1) is 12.5. The molecule has 2 aromatic rings. The van der Waals surface area contributed by atoms with Gasteiger partial charge in [0.1, 0.15) is 17.3 Å². The summed E-state index contributed by atoms with van der Waals surface area (Å²) >= 11 is 5.94. The molecule has 100 valence electrons. The van der Waals surface area contributed by atoms with Crippen LogP contribution in [0.3, 0.4) is 0 Å². The molecule has 19 heavy (non-hydrogen) atoms. The Morgan fingerprint density at radius 3 is 3.00 bits per heavy atom. The summed E-state index contributed by atoms with van der Waals surface area (Å²) in [6.07, 6.45) is 0.449. The Balaban J connectivity index is 2.19. The topological polar surface area (TPSA) is 81.9 Å². The zero-order valence-corrected chi connectivity index (χ0v) is 11.0. The molecule has 8 heteroatoms. The highest BCUT2D eigenvalue weighted by molar-refractivity contribution is 6.28. The molecule has 1 aliphatic rings. The van der Waals surface area contributed by atoms with Crippen molar-refractivity contribution >= 4 is 29.1 Å². The van der Waals surface area contributed by atoms with Crippen molar-refractivity contribution in [2.75, 3.05) is 19.7 Å². The van der Waals surface area contributed by atoms with Gasteiger partial charge in [-0.2, -0.15) is 4.98 Å². The van der Waals surface area contributed by atoms with Crippen LogP contribution < -0.4 is 5.32 Å². The number of carbonyl (C=O) groups excluding carboxylic acids is 1. The lowest BCUT2D eigenvalue weighted by Crippen LogP contribution is -2.34. The third kappa shape index (κ3) is 2.09. The van der Waals surface area contributed by atoms with Crippen molar-refractivity contribution in [3.63, 3.8) is 0 Å². The van der Waals surface area contributed by atoms with Crippen LogP contribution in [-0.2, 0) is 11.8 Å². The molecule has 3 heterocycles. The lowest BCUT2D eigenvalue weighted by atomic mass is 10.2. The molecule has 0 spiro atoms. The first-order valence-corrected chi connectivity index (χ1v) is 6.26. The predicted molar refractivity (Wildman–Crippen MR) is 68.3 cm³/mol. The zero-order valence-electron chi connectivity index (χ0n) is 10.3. The Morgan fingerprint density at radius 1 is 1.47 bits per heavy atom. The SMILES string of the molecule is Cn1c(C=O)nc2c(C3CNCCO3)nc(Cl)nc21. The van der Waals surface area contributed by atoms with Gasteiger partial charge < -0.3 is 14.6 Å². The summed E-state index contributed by atoms with van der Waals surface area (Å²) in [6.45, 7) is 2.04. The van der Waals surface area contributed by atoms with Gasteiger partial charge in [-0.15, -0.1) is 0 Å². The molecular formula is C11H12ClN5O2. The quantitative estimate of drug-likeness (QED) is 0.637. The number of hydrogen-bond acceptors (Lipinski definition) is 6. The van der Waals surface area contributed by atoms with Crippen LogP contribution in [0.1, 0.15) is 22.4 Å². The molecule has 1 saturated heterocycles. The third-order valence-corrected chi connectivity index (χ3v) is 3.26. The monoisotopic (exact) mass is 281 g/mol. The number of fused-ring (bicyclic) bond motifs is 1. The number of aromatic nitrogens is 4. The fraction of sp³-hybridized carbons (Fsp3) is 0.455. The summed E-state index contributed by atoms with van der Waals surface area (Å²) in [6, 6.07) is 0. The molecule has 1 unspecified atom stereocenters. The highest BCUT2D eigenvalue weighted by Crippen LogP contribution is 2.25. The number of hydrogen-bond donors (Lipinski definition) is 1. The van der Waals surface area contributed by atoms with E-state index in [0.717, 1.165) is 6.54 Å². The van der Waals surface area contributed by atoms with Gasteiger partial charge in [0.25, 0.3) is 0 Å². The zero-order chi connectivity index (χ0) is 13.4. The van der Waals surface area contributed by atoms with E-state index in [1.54, 1.807) is 11.6 Å². The second-order valence-electron chi connectivity index (χ2n) is 4.26. The molecule has 0 saturated carbocycles. The Bertz CT molecular complexity index is 636. The molecule has 1 atom stereocenters. The van der Waals surface area contributed by atoms with Crippen LogP contribution in [0.5, 0.6) is 0 Å². The summed E-state index contributed by atoms with van der Waals surface area (Å²) in [5.74, 6) is 0.289. The molecule has 0 amide bonds. The molecule has 3 rings (SSSR count). The minimum atomic E-state index is -0.230. The first-order valence-electron chi connectivity index (χ1n) is 5.88. The maximum absolute atomic E-state index is 11.0. The Labute approximate surface area is 114 Å². The van der Waals surface area contributed by atoms with Gasteiger partial charge in [-0.3, -0.25) is 4.79 Å². The van der Waals surface area contributed by atoms with Crippen LogP contribution in [-0.4, -0.2) is 45.5 Å². The van der Waals surface area contributed by atoms with Gasteiger partial charge in [0, 0.05) is 20.1 Å². The first-order chi connectivity index (χ1) is 9.20. The van der Waals surface area contributed by atoms with E-state index < -0.39 is 0 Å². The number of ether oxygens (including phenoxy) is 1. The number of aryl methyl sites for hydroxylation is 1. The fourth-order valence-electron chi connectivity index (χ4n) is 2.14. The number of imidazole rings is 1. The van der Waals surface area contributed by atoms with E-state index in [1.165, 1.54) is 0 Å². The minimum absolute atomic E-state index is 0.122. The summed E-state index contributed by atoms with van der Waals surface area (Å²) < 4.78 is 7.25. The summed E-state index contributed by atoms with van der Waals surface area (Å²) in [5, 5.41) is 3.34. The molecule has 7 nitrogen and oxygen atoms in total. The van der Waals surface area contributed by atoms with Crippen molar-refractivity contribution in [2.24, 2.45) is 7.05 Å². The van der Waals surface area contributed by atoms with E-state index in [2.05, 4.69) is 20.3 Å². The molecule has 0 aliphatic carbocycles. The summed E-state index contributed by atoms with van der Waals surface area (Å²) in [7, 11) is 1.71. The van der Waals surface area contributed by atoms with Crippen LogP contribution in [0.2, 0.25) is 5.28 Å². The average Bonchev–Trinajstić information content (AvgIpc) is 2.76. The van der Waals surface area contributed by atoms with Gasteiger partial charge >= 0.3 is 0 Å². The van der Waals surface area contributed by atoms with Gasteiger partial charge in [-0.05, 0) is 11.6 Å². The van der Waals surface area contributed by atoms with E-state index >= 15 is 0 Å². The van der Waals surface area contributed by atoms with Crippen molar-refractivity contribution in [2.45, 2.75) is 6.10 Å². The van der Waals surface area contributed by atoms with Crippen molar-refractivity contribution in [1.29, 1.82) is 0 Å². The molecule has 0 aromatic carbocycles.